The Balaban J connectivity index is 2.62. The second-order valence-corrected chi connectivity index (χ2v) is 8.30. The van der Waals surface area contributed by atoms with Crippen molar-refractivity contribution in [2.24, 2.45) is 0 Å². The predicted octanol–water partition coefficient (Wildman–Crippen LogP) is 2.71. The maximum absolute atomic E-state index is 12.4. The van der Waals surface area contributed by atoms with E-state index in [1.165, 1.54) is 15.6 Å². The lowest BCUT2D eigenvalue weighted by Gasteiger charge is -2.15. The van der Waals surface area contributed by atoms with Gasteiger partial charge in [0.15, 0.2) is 0 Å². The molecule has 0 aromatic carbocycles. The largest absolute Gasteiger partial charge is 0.317 e. The zero-order valence-corrected chi connectivity index (χ0v) is 14.3. The zero-order chi connectivity index (χ0) is 15.0. The fourth-order valence-corrected chi connectivity index (χ4v) is 4.65. The van der Waals surface area contributed by atoms with E-state index in [0.717, 1.165) is 43.6 Å². The van der Waals surface area contributed by atoms with E-state index >= 15 is 0 Å². The van der Waals surface area contributed by atoms with Crippen LogP contribution in [0.3, 0.4) is 0 Å². The summed E-state index contributed by atoms with van der Waals surface area (Å²) in [5.74, 6) is 0. The van der Waals surface area contributed by atoms with Crippen LogP contribution in [0.25, 0.3) is 0 Å². The van der Waals surface area contributed by atoms with E-state index in [-0.39, 0.29) is 0 Å². The van der Waals surface area contributed by atoms with Crippen LogP contribution in [0.4, 0.5) is 0 Å². The summed E-state index contributed by atoms with van der Waals surface area (Å²) >= 11 is 1.39. The summed E-state index contributed by atoms with van der Waals surface area (Å²) in [4.78, 5) is 1.12. The minimum atomic E-state index is -3.30. The molecule has 0 fully saturated rings. The number of hydrogen-bond acceptors (Lipinski definition) is 4. The van der Waals surface area contributed by atoms with Crippen LogP contribution in [0.2, 0.25) is 0 Å². The van der Waals surface area contributed by atoms with Gasteiger partial charge in [-0.1, -0.05) is 26.7 Å². The van der Waals surface area contributed by atoms with E-state index < -0.39 is 10.0 Å². The molecule has 0 bridgehead atoms. The van der Waals surface area contributed by atoms with E-state index in [0.29, 0.717) is 10.8 Å². The summed E-state index contributed by atoms with van der Waals surface area (Å²) in [6.07, 6.45) is 3.97. The van der Waals surface area contributed by atoms with Crippen molar-refractivity contribution in [3.63, 3.8) is 0 Å². The van der Waals surface area contributed by atoms with Gasteiger partial charge in [-0.05, 0) is 38.1 Å². The number of nitrogens with one attached hydrogen (secondary N) is 1. The normalized spacial score (nSPS) is 12.2. The molecule has 0 aliphatic carbocycles. The lowest BCUT2D eigenvalue weighted by Crippen LogP contribution is -2.27. The first kappa shape index (κ1) is 17.6. The Morgan fingerprint density at radius 2 is 2.00 bits per heavy atom. The Morgan fingerprint density at radius 1 is 1.25 bits per heavy atom. The molecule has 116 valence electrons. The summed E-state index contributed by atoms with van der Waals surface area (Å²) in [7, 11) is -1.63. The molecule has 0 aliphatic rings. The number of nitrogens with zero attached hydrogens (tertiary/aromatic N) is 1. The number of thiophene rings is 1. The van der Waals surface area contributed by atoms with E-state index in [1.54, 1.807) is 13.1 Å². The van der Waals surface area contributed by atoms with Crippen molar-refractivity contribution in [2.45, 2.75) is 43.7 Å². The van der Waals surface area contributed by atoms with Crippen LogP contribution in [0, 0.1) is 0 Å². The third-order valence-electron chi connectivity index (χ3n) is 3.18. The van der Waals surface area contributed by atoms with Crippen molar-refractivity contribution in [2.75, 3.05) is 26.7 Å². The quantitative estimate of drug-likeness (QED) is 0.675. The summed E-state index contributed by atoms with van der Waals surface area (Å²) in [6, 6.07) is 3.66. The number of rotatable bonds is 10. The molecule has 1 N–H and O–H groups in total. The smallest absolute Gasteiger partial charge is 0.252 e. The Hall–Kier alpha value is -0.430. The van der Waals surface area contributed by atoms with Gasteiger partial charge in [0.25, 0.3) is 10.0 Å². The van der Waals surface area contributed by atoms with Gasteiger partial charge < -0.3 is 5.32 Å². The molecule has 0 unspecified atom stereocenters. The third-order valence-corrected chi connectivity index (χ3v) is 6.65. The van der Waals surface area contributed by atoms with Gasteiger partial charge in [-0.25, -0.2) is 12.7 Å². The molecule has 0 atom stereocenters. The monoisotopic (exact) mass is 318 g/mol. The lowest BCUT2D eigenvalue weighted by atomic mass is 10.2. The van der Waals surface area contributed by atoms with Crippen molar-refractivity contribution in [3.8, 4) is 0 Å². The second kappa shape index (κ2) is 8.77. The molecular weight excluding hydrogens is 292 g/mol. The van der Waals surface area contributed by atoms with Crippen molar-refractivity contribution < 1.29 is 8.42 Å². The van der Waals surface area contributed by atoms with Crippen molar-refractivity contribution >= 4 is 21.4 Å². The minimum absolute atomic E-state index is 0.461. The first-order valence-electron chi connectivity index (χ1n) is 7.28. The minimum Gasteiger partial charge on any atom is -0.317 e. The van der Waals surface area contributed by atoms with Crippen LogP contribution in [-0.2, 0) is 16.4 Å². The van der Waals surface area contributed by atoms with Crippen LogP contribution < -0.4 is 5.32 Å². The molecule has 1 aromatic rings. The lowest BCUT2D eigenvalue weighted by molar-refractivity contribution is 0.456. The molecule has 0 radical (unpaired) electrons. The molecule has 1 heterocycles. The SMILES string of the molecule is CCCCCN(C)S(=O)(=O)c1ccc(CCNCC)s1. The highest BCUT2D eigenvalue weighted by Crippen LogP contribution is 2.24. The fraction of sp³-hybridized carbons (Fsp3) is 0.714. The van der Waals surface area contributed by atoms with E-state index in [2.05, 4.69) is 19.2 Å². The van der Waals surface area contributed by atoms with Gasteiger partial charge in [-0.2, -0.15) is 0 Å². The molecule has 20 heavy (non-hydrogen) atoms. The van der Waals surface area contributed by atoms with Crippen LogP contribution >= 0.6 is 11.3 Å². The van der Waals surface area contributed by atoms with Gasteiger partial charge in [-0.3, -0.25) is 0 Å². The first-order valence-corrected chi connectivity index (χ1v) is 9.53. The number of unbranched alkanes of at least 4 members (excludes halogenated alkanes) is 2. The Labute approximate surface area is 127 Å². The Morgan fingerprint density at radius 3 is 2.65 bits per heavy atom. The fourth-order valence-electron chi connectivity index (χ4n) is 1.88. The summed E-state index contributed by atoms with van der Waals surface area (Å²) in [6.45, 7) is 6.61. The van der Waals surface area contributed by atoms with Crippen molar-refractivity contribution in [1.82, 2.24) is 9.62 Å². The predicted molar refractivity (Wildman–Crippen MR) is 85.9 cm³/mol. The molecular formula is C14H26N2O2S2. The molecule has 0 spiro atoms. The van der Waals surface area contributed by atoms with E-state index in [1.807, 2.05) is 6.07 Å². The van der Waals surface area contributed by atoms with Gasteiger partial charge in [0, 0.05) is 18.5 Å². The molecule has 4 nitrogen and oxygen atoms in total. The van der Waals surface area contributed by atoms with Crippen LogP contribution in [0.15, 0.2) is 16.3 Å². The molecule has 0 amide bonds. The van der Waals surface area contributed by atoms with Crippen LogP contribution in [-0.4, -0.2) is 39.4 Å². The Bertz CT molecular complexity index is 483. The van der Waals surface area contributed by atoms with Gasteiger partial charge in [-0.15, -0.1) is 11.3 Å². The van der Waals surface area contributed by atoms with Gasteiger partial charge in [0.2, 0.25) is 0 Å². The Kier molecular flexibility index (Phi) is 7.72. The van der Waals surface area contributed by atoms with Gasteiger partial charge in [0.05, 0.1) is 0 Å². The first-order chi connectivity index (χ1) is 9.52. The third kappa shape index (κ3) is 5.16. The maximum atomic E-state index is 12.4. The summed E-state index contributed by atoms with van der Waals surface area (Å²) in [5.41, 5.74) is 0. The highest BCUT2D eigenvalue weighted by Gasteiger charge is 2.22. The summed E-state index contributed by atoms with van der Waals surface area (Å²) in [5, 5.41) is 3.25. The van der Waals surface area contributed by atoms with Crippen LogP contribution in [0.1, 0.15) is 38.0 Å². The van der Waals surface area contributed by atoms with E-state index in [4.69, 9.17) is 0 Å². The van der Waals surface area contributed by atoms with E-state index in [9.17, 15) is 8.42 Å². The zero-order valence-electron chi connectivity index (χ0n) is 12.7. The molecule has 0 saturated carbocycles. The highest BCUT2D eigenvalue weighted by atomic mass is 32.2. The van der Waals surface area contributed by atoms with Crippen molar-refractivity contribution in [3.05, 3.63) is 17.0 Å². The van der Waals surface area contributed by atoms with Gasteiger partial charge in [0.1, 0.15) is 4.21 Å². The molecule has 1 aromatic heterocycles. The maximum Gasteiger partial charge on any atom is 0.252 e. The average Bonchev–Trinajstić information content (AvgIpc) is 2.88. The topological polar surface area (TPSA) is 49.4 Å². The molecule has 0 saturated heterocycles. The standard InChI is InChI=1S/C14H26N2O2S2/c1-4-6-7-12-16(3)20(17,18)14-9-8-13(19-14)10-11-15-5-2/h8-9,15H,4-7,10-12H2,1-3H3. The number of likely N-dealkylation sites (N-methyl/N-ethyl adjacent to an activating group) is 1. The molecule has 1 rings (SSSR count). The van der Waals surface area contributed by atoms with Gasteiger partial charge >= 0.3 is 0 Å². The number of hydrogen-bond donors (Lipinski definition) is 1. The molecule has 6 heteroatoms. The highest BCUT2D eigenvalue weighted by molar-refractivity contribution is 7.91. The number of sulfonamides is 1. The second-order valence-electron chi connectivity index (χ2n) is 4.86. The molecule has 0 aliphatic heterocycles. The van der Waals surface area contributed by atoms with Crippen LogP contribution in [0.5, 0.6) is 0 Å². The average molecular weight is 319 g/mol. The van der Waals surface area contributed by atoms with Crippen molar-refractivity contribution in [1.29, 1.82) is 0 Å². The summed E-state index contributed by atoms with van der Waals surface area (Å²) < 4.78 is 26.7.